The van der Waals surface area contributed by atoms with Crippen LogP contribution in [0.1, 0.15) is 33.6 Å². The van der Waals surface area contributed by atoms with Gasteiger partial charge in [-0.2, -0.15) is 11.8 Å². The van der Waals surface area contributed by atoms with Crippen LogP contribution in [-0.4, -0.2) is 36.4 Å². The number of methoxy groups -OCH3 is 1. The molecule has 1 saturated heterocycles. The van der Waals surface area contributed by atoms with Crippen LogP contribution in [0.25, 0.3) is 0 Å². The number of carbonyl (C=O) groups excluding carboxylic acids is 1. The highest BCUT2D eigenvalue weighted by Crippen LogP contribution is 2.30. The van der Waals surface area contributed by atoms with Gasteiger partial charge in [-0.05, 0) is 57.3 Å². The lowest BCUT2D eigenvalue weighted by molar-refractivity contribution is 0.0635. The number of ether oxygens (including phenoxy) is 2. The van der Waals surface area contributed by atoms with Gasteiger partial charge in [-0.15, -0.1) is 0 Å². The number of thioether (sulfide) groups is 1. The number of rotatable bonds is 4. The topological polar surface area (TPSA) is 59.6 Å². The zero-order chi connectivity index (χ0) is 16.9. The van der Waals surface area contributed by atoms with Crippen molar-refractivity contribution in [3.8, 4) is 5.75 Å². The first-order valence-electron chi connectivity index (χ1n) is 7.90. The van der Waals surface area contributed by atoms with Crippen LogP contribution >= 0.6 is 11.8 Å². The van der Waals surface area contributed by atoms with E-state index in [4.69, 9.17) is 9.47 Å². The molecule has 1 aliphatic heterocycles. The largest absolute Gasteiger partial charge is 0.494 e. The van der Waals surface area contributed by atoms with Crippen molar-refractivity contribution in [2.75, 3.05) is 29.2 Å². The van der Waals surface area contributed by atoms with Crippen molar-refractivity contribution < 1.29 is 14.3 Å². The van der Waals surface area contributed by atoms with Gasteiger partial charge in [-0.3, -0.25) is 5.32 Å². The van der Waals surface area contributed by atoms with Crippen molar-refractivity contribution in [1.29, 1.82) is 0 Å². The number of benzene rings is 1. The van der Waals surface area contributed by atoms with Gasteiger partial charge in [0.25, 0.3) is 0 Å². The Morgan fingerprint density at radius 1 is 1.26 bits per heavy atom. The van der Waals surface area contributed by atoms with E-state index < -0.39 is 11.7 Å². The minimum atomic E-state index is -0.530. The lowest BCUT2D eigenvalue weighted by Crippen LogP contribution is -2.27. The maximum absolute atomic E-state index is 11.9. The van der Waals surface area contributed by atoms with E-state index in [1.54, 1.807) is 7.11 Å². The molecule has 0 radical (unpaired) electrons. The molecule has 0 saturated carbocycles. The van der Waals surface area contributed by atoms with Crippen LogP contribution in [0.4, 0.5) is 16.2 Å². The second-order valence-corrected chi connectivity index (χ2v) is 7.80. The number of hydrogen-bond acceptors (Lipinski definition) is 5. The fraction of sp³-hybridized carbons (Fsp3) is 0.588. The van der Waals surface area contributed by atoms with Crippen LogP contribution in [0.2, 0.25) is 0 Å². The summed E-state index contributed by atoms with van der Waals surface area (Å²) in [6.07, 6.45) is 1.86. The highest BCUT2D eigenvalue weighted by Gasteiger charge is 2.18. The third-order valence-corrected chi connectivity index (χ3v) is 4.48. The summed E-state index contributed by atoms with van der Waals surface area (Å²) >= 11 is 2.00. The second kappa shape index (κ2) is 7.81. The van der Waals surface area contributed by atoms with Crippen LogP contribution < -0.4 is 15.4 Å². The number of carbonyl (C=O) groups is 1. The van der Waals surface area contributed by atoms with E-state index in [1.165, 1.54) is 24.3 Å². The van der Waals surface area contributed by atoms with Gasteiger partial charge >= 0.3 is 6.09 Å². The molecule has 0 aromatic heterocycles. The molecule has 1 fully saturated rings. The summed E-state index contributed by atoms with van der Waals surface area (Å²) < 4.78 is 10.7. The molecule has 5 nitrogen and oxygen atoms in total. The van der Waals surface area contributed by atoms with Crippen molar-refractivity contribution in [3.63, 3.8) is 0 Å². The molecule has 0 aliphatic carbocycles. The van der Waals surface area contributed by atoms with Gasteiger partial charge in [0, 0.05) is 17.8 Å². The summed E-state index contributed by atoms with van der Waals surface area (Å²) in [6.45, 7) is 5.50. The Morgan fingerprint density at radius 3 is 2.57 bits per heavy atom. The monoisotopic (exact) mass is 338 g/mol. The van der Waals surface area contributed by atoms with Gasteiger partial charge in [0.05, 0.1) is 12.8 Å². The summed E-state index contributed by atoms with van der Waals surface area (Å²) in [4.78, 5) is 11.9. The molecule has 2 N–H and O–H groups in total. The maximum atomic E-state index is 11.9. The Bertz CT molecular complexity index is 537. The first-order valence-corrected chi connectivity index (χ1v) is 9.05. The zero-order valence-electron chi connectivity index (χ0n) is 14.3. The Labute approximate surface area is 142 Å². The predicted octanol–water partition coefficient (Wildman–Crippen LogP) is 4.35. The minimum Gasteiger partial charge on any atom is -0.494 e. The molecular weight excluding hydrogens is 312 g/mol. The standard InChI is InChI=1S/C17H26N2O3S/c1-17(2,3)22-16(20)19-14-6-5-13(11-15(14)21-4)18-12-7-9-23-10-8-12/h5-6,11-12,18H,7-10H2,1-4H3,(H,19,20). The molecule has 23 heavy (non-hydrogen) atoms. The fourth-order valence-corrected chi connectivity index (χ4v) is 3.48. The molecule has 0 atom stereocenters. The zero-order valence-corrected chi connectivity index (χ0v) is 15.1. The van der Waals surface area contributed by atoms with E-state index in [0.717, 1.165) is 5.69 Å². The number of hydrogen-bond donors (Lipinski definition) is 2. The molecule has 1 aromatic rings. The molecular formula is C17H26N2O3S. The summed E-state index contributed by atoms with van der Waals surface area (Å²) in [7, 11) is 1.59. The fourth-order valence-electron chi connectivity index (χ4n) is 2.38. The lowest BCUT2D eigenvalue weighted by atomic mass is 10.1. The van der Waals surface area contributed by atoms with Crippen molar-refractivity contribution in [2.45, 2.75) is 45.3 Å². The molecule has 2 rings (SSSR count). The van der Waals surface area contributed by atoms with Gasteiger partial charge in [-0.1, -0.05) is 0 Å². The van der Waals surface area contributed by atoms with Gasteiger partial charge < -0.3 is 14.8 Å². The van der Waals surface area contributed by atoms with E-state index in [1.807, 2.05) is 50.7 Å². The summed E-state index contributed by atoms with van der Waals surface area (Å²) in [6, 6.07) is 6.21. The van der Waals surface area contributed by atoms with Crippen molar-refractivity contribution in [2.24, 2.45) is 0 Å². The predicted molar refractivity (Wildman–Crippen MR) is 96.8 cm³/mol. The molecule has 1 aromatic carbocycles. The van der Waals surface area contributed by atoms with Gasteiger partial charge in [0.15, 0.2) is 0 Å². The third kappa shape index (κ3) is 5.86. The molecule has 1 aliphatic rings. The van der Waals surface area contributed by atoms with Crippen LogP contribution in [0.5, 0.6) is 5.75 Å². The lowest BCUT2D eigenvalue weighted by Gasteiger charge is -2.24. The highest BCUT2D eigenvalue weighted by molar-refractivity contribution is 7.99. The first-order chi connectivity index (χ1) is 10.9. The molecule has 0 bridgehead atoms. The maximum Gasteiger partial charge on any atom is 0.412 e. The molecule has 1 amide bonds. The SMILES string of the molecule is COc1cc(NC2CCSCC2)ccc1NC(=O)OC(C)(C)C. The Morgan fingerprint density at radius 2 is 1.96 bits per heavy atom. The highest BCUT2D eigenvalue weighted by atomic mass is 32.2. The molecule has 0 spiro atoms. The summed E-state index contributed by atoms with van der Waals surface area (Å²) in [5, 5.41) is 6.27. The Hall–Kier alpha value is -1.56. The van der Waals surface area contributed by atoms with E-state index in [2.05, 4.69) is 10.6 Å². The Kier molecular flexibility index (Phi) is 6.04. The second-order valence-electron chi connectivity index (χ2n) is 6.57. The summed E-state index contributed by atoms with van der Waals surface area (Å²) in [5.41, 5.74) is 1.08. The number of anilines is 2. The van der Waals surface area contributed by atoms with Gasteiger partial charge in [-0.25, -0.2) is 4.79 Å². The van der Waals surface area contributed by atoms with Crippen LogP contribution in [-0.2, 0) is 4.74 Å². The first kappa shape index (κ1) is 17.8. The van der Waals surface area contributed by atoms with Crippen molar-refractivity contribution in [1.82, 2.24) is 0 Å². The molecule has 0 unspecified atom stereocenters. The molecule has 128 valence electrons. The minimum absolute atomic E-state index is 0.485. The van der Waals surface area contributed by atoms with E-state index >= 15 is 0 Å². The molecule has 1 heterocycles. The Balaban J connectivity index is 2.02. The van der Waals surface area contributed by atoms with Gasteiger partial charge in [0.2, 0.25) is 0 Å². The van der Waals surface area contributed by atoms with Crippen molar-refractivity contribution >= 4 is 29.2 Å². The quantitative estimate of drug-likeness (QED) is 0.855. The third-order valence-electron chi connectivity index (χ3n) is 3.43. The molecule has 6 heteroatoms. The normalized spacial score (nSPS) is 15.8. The summed E-state index contributed by atoms with van der Waals surface area (Å²) in [5.74, 6) is 3.02. The number of nitrogens with one attached hydrogen (secondary N) is 2. The average molecular weight is 338 g/mol. The van der Waals surface area contributed by atoms with Gasteiger partial charge in [0.1, 0.15) is 11.4 Å². The van der Waals surface area contributed by atoms with Crippen LogP contribution in [0.15, 0.2) is 18.2 Å². The average Bonchev–Trinajstić information content (AvgIpc) is 2.48. The van der Waals surface area contributed by atoms with E-state index in [9.17, 15) is 4.79 Å². The van der Waals surface area contributed by atoms with E-state index in [-0.39, 0.29) is 0 Å². The van der Waals surface area contributed by atoms with Crippen LogP contribution in [0.3, 0.4) is 0 Å². The van der Waals surface area contributed by atoms with Crippen LogP contribution in [0, 0.1) is 0 Å². The van der Waals surface area contributed by atoms with Crippen molar-refractivity contribution in [3.05, 3.63) is 18.2 Å². The van der Waals surface area contributed by atoms with E-state index in [0.29, 0.717) is 17.5 Å². The smallest absolute Gasteiger partial charge is 0.412 e. The number of amides is 1.